The molecule has 47 heavy (non-hydrogen) atoms. The number of rotatable bonds is 12. The van der Waals surface area contributed by atoms with Crippen LogP contribution in [-0.2, 0) is 20.7 Å². The van der Waals surface area contributed by atoms with Crippen LogP contribution in [0.5, 0.6) is 11.6 Å². The van der Waals surface area contributed by atoms with E-state index in [2.05, 4.69) is 19.2 Å². The minimum Gasteiger partial charge on any atom is -0.497 e. The number of alkyl carbamates (subject to hydrolysis) is 1. The van der Waals surface area contributed by atoms with Gasteiger partial charge in [-0.15, -0.1) is 0 Å². The molecule has 11 nitrogen and oxygen atoms in total. The summed E-state index contributed by atoms with van der Waals surface area (Å²) in [7, 11) is 1.59. The second-order valence-corrected chi connectivity index (χ2v) is 14.7. The van der Waals surface area contributed by atoms with E-state index in [0.29, 0.717) is 59.0 Å². The van der Waals surface area contributed by atoms with Crippen LogP contribution in [-0.4, -0.2) is 75.9 Å². The van der Waals surface area contributed by atoms with Gasteiger partial charge in [-0.2, -0.15) is 0 Å². The Morgan fingerprint density at radius 1 is 1.04 bits per heavy atom. The fraction of sp³-hybridized carbons (Fsp3) is 0.694. The molecule has 0 unspecified atom stereocenters. The van der Waals surface area contributed by atoms with Crippen LogP contribution in [0, 0.1) is 29.1 Å². The van der Waals surface area contributed by atoms with Crippen molar-refractivity contribution in [1.82, 2.24) is 20.2 Å². The van der Waals surface area contributed by atoms with E-state index in [1.807, 2.05) is 39.8 Å². The Bertz CT molecular complexity index is 1460. The number of likely N-dealkylation sites (tertiary alicyclic amines) is 1. The van der Waals surface area contributed by atoms with E-state index in [4.69, 9.17) is 24.2 Å². The number of methoxy groups -OCH3 is 1. The van der Waals surface area contributed by atoms with E-state index in [1.165, 1.54) is 11.3 Å². The van der Waals surface area contributed by atoms with Gasteiger partial charge in [0.2, 0.25) is 11.8 Å². The number of benzene rings is 1. The average Bonchev–Trinajstić information content (AvgIpc) is 3.75. The summed E-state index contributed by atoms with van der Waals surface area (Å²) in [5.74, 6) is 0.174. The Balaban J connectivity index is 1.40. The molecule has 8 atom stereocenters. The molecule has 0 radical (unpaired) electrons. The highest BCUT2D eigenvalue weighted by Gasteiger charge is 2.52. The maximum Gasteiger partial charge on any atom is 0.408 e. The SMILES string of the molecule is CCCCc1nc2ccc(OC)cc2nc1O[C@H]1CN(C(=O)[C@@H](NC(=O)O[C@@H]2[C@H]3CC[C@H](C3)[C@H]2CC)C(C)(C)C)[C@H](C(=O)O)[C@@H]1CC. The van der Waals surface area contributed by atoms with Crippen LogP contribution in [0.1, 0.15) is 92.2 Å². The quantitative estimate of drug-likeness (QED) is 0.282. The fourth-order valence-corrected chi connectivity index (χ4v) is 8.15. The van der Waals surface area contributed by atoms with Gasteiger partial charge in [0.1, 0.15) is 35.7 Å². The molecule has 3 fully saturated rings. The molecule has 258 valence electrons. The van der Waals surface area contributed by atoms with Gasteiger partial charge in [-0.25, -0.2) is 19.6 Å². The largest absolute Gasteiger partial charge is 0.497 e. The smallest absolute Gasteiger partial charge is 0.408 e. The zero-order chi connectivity index (χ0) is 34.0. The van der Waals surface area contributed by atoms with Crippen molar-refractivity contribution < 1.29 is 33.7 Å². The summed E-state index contributed by atoms with van der Waals surface area (Å²) in [4.78, 5) is 51.5. The van der Waals surface area contributed by atoms with Gasteiger partial charge in [0.15, 0.2) is 0 Å². The lowest BCUT2D eigenvalue weighted by Crippen LogP contribution is -2.57. The first-order valence-corrected chi connectivity index (χ1v) is 17.4. The van der Waals surface area contributed by atoms with Crippen LogP contribution in [0.25, 0.3) is 11.0 Å². The zero-order valence-electron chi connectivity index (χ0n) is 29.0. The van der Waals surface area contributed by atoms with Gasteiger partial charge >= 0.3 is 12.1 Å². The molecule has 3 aliphatic rings. The number of aliphatic carboxylic acids is 1. The molecule has 2 amide bonds. The minimum atomic E-state index is -1.14. The topological polar surface area (TPSA) is 140 Å². The van der Waals surface area contributed by atoms with Crippen LogP contribution in [0.3, 0.4) is 0 Å². The monoisotopic (exact) mass is 652 g/mol. The molecule has 5 rings (SSSR count). The maximum atomic E-state index is 14.3. The number of hydrogen-bond acceptors (Lipinski definition) is 8. The molecule has 2 bridgehead atoms. The Morgan fingerprint density at radius 3 is 2.40 bits per heavy atom. The van der Waals surface area contributed by atoms with E-state index in [9.17, 15) is 19.5 Å². The third kappa shape index (κ3) is 7.14. The molecule has 1 aromatic heterocycles. The lowest BCUT2D eigenvalue weighted by Gasteiger charge is -2.36. The summed E-state index contributed by atoms with van der Waals surface area (Å²) in [6.07, 6.45) is 5.80. The summed E-state index contributed by atoms with van der Waals surface area (Å²) in [5.41, 5.74) is 1.29. The van der Waals surface area contributed by atoms with Gasteiger partial charge in [0, 0.05) is 12.0 Å². The van der Waals surface area contributed by atoms with Gasteiger partial charge in [-0.3, -0.25) is 4.79 Å². The Hall–Kier alpha value is -3.63. The second-order valence-electron chi connectivity index (χ2n) is 14.7. The van der Waals surface area contributed by atoms with E-state index in [-0.39, 0.29) is 12.6 Å². The zero-order valence-corrected chi connectivity index (χ0v) is 29.0. The third-order valence-corrected chi connectivity index (χ3v) is 10.6. The highest BCUT2D eigenvalue weighted by atomic mass is 16.6. The molecule has 2 aromatic rings. The van der Waals surface area contributed by atoms with Crippen molar-refractivity contribution in [3.8, 4) is 11.6 Å². The number of carbonyl (C=O) groups excluding carboxylic acids is 2. The Labute approximate surface area is 278 Å². The number of nitrogens with zero attached hydrogens (tertiary/aromatic N) is 3. The van der Waals surface area contributed by atoms with Crippen LogP contribution in [0.4, 0.5) is 4.79 Å². The summed E-state index contributed by atoms with van der Waals surface area (Å²) in [5, 5.41) is 13.3. The molecule has 2 N–H and O–H groups in total. The molecule has 1 saturated heterocycles. The van der Waals surface area contributed by atoms with Crippen LogP contribution >= 0.6 is 0 Å². The Morgan fingerprint density at radius 2 is 1.77 bits per heavy atom. The van der Waals surface area contributed by atoms with E-state index in [1.54, 1.807) is 13.2 Å². The number of aromatic nitrogens is 2. The number of aryl methyl sites for hydroxylation is 1. The Kier molecular flexibility index (Phi) is 10.5. The molecule has 2 aliphatic carbocycles. The number of carboxylic acids is 1. The predicted octanol–water partition coefficient (Wildman–Crippen LogP) is 6.02. The standard InChI is InChI=1S/C36H52N4O7/c1-8-11-12-26-32(38-27-18-22(45-7)15-16-25(27)37-26)46-28-19-40(29(34(42)43)24(28)10-3)33(41)31(36(4,5)6)39-35(44)47-30-21-14-13-20(17-21)23(30)9-2/h15-16,18,20-21,23-24,28-31H,8-14,17,19H2,1-7H3,(H,39,44)(H,42,43)/t20-,21+,23-,24-,28+,29+,30-,31-/m1/s1. The fourth-order valence-electron chi connectivity index (χ4n) is 8.15. The van der Waals surface area contributed by atoms with Crippen LogP contribution < -0.4 is 14.8 Å². The normalized spacial score (nSPS) is 27.6. The lowest BCUT2D eigenvalue weighted by molar-refractivity contribution is -0.151. The number of unbranched alkanes of at least 4 members (excludes halogenated alkanes) is 1. The van der Waals surface area contributed by atoms with Gasteiger partial charge in [-0.1, -0.05) is 48.0 Å². The first-order chi connectivity index (χ1) is 22.4. The number of amides is 2. The number of fused-ring (bicyclic) bond motifs is 3. The maximum absolute atomic E-state index is 14.3. The highest BCUT2D eigenvalue weighted by Crippen LogP contribution is 2.51. The highest BCUT2D eigenvalue weighted by molar-refractivity contribution is 5.90. The third-order valence-electron chi connectivity index (χ3n) is 10.6. The van der Waals surface area contributed by atoms with Crippen molar-refractivity contribution >= 4 is 29.0 Å². The van der Waals surface area contributed by atoms with Crippen molar-refractivity contribution in [1.29, 1.82) is 0 Å². The molecule has 1 aliphatic heterocycles. The molecular formula is C36H52N4O7. The average molecular weight is 653 g/mol. The van der Waals surface area contributed by atoms with Crippen molar-refractivity contribution in [2.75, 3.05) is 13.7 Å². The van der Waals surface area contributed by atoms with Gasteiger partial charge < -0.3 is 29.5 Å². The first kappa shape index (κ1) is 34.7. The lowest BCUT2D eigenvalue weighted by atomic mass is 9.84. The number of carboxylic acid groups (broad SMARTS) is 1. The van der Waals surface area contributed by atoms with Crippen LogP contribution in [0.2, 0.25) is 0 Å². The summed E-state index contributed by atoms with van der Waals surface area (Å²) >= 11 is 0. The molecule has 1 aromatic carbocycles. The van der Waals surface area contributed by atoms with Gasteiger partial charge in [-0.05, 0) is 80.2 Å². The van der Waals surface area contributed by atoms with Crippen molar-refractivity contribution in [2.24, 2.45) is 29.1 Å². The summed E-state index contributed by atoms with van der Waals surface area (Å²) in [6.45, 7) is 11.7. The number of ether oxygens (including phenoxy) is 3. The van der Waals surface area contributed by atoms with Crippen molar-refractivity contribution in [3.63, 3.8) is 0 Å². The van der Waals surface area contributed by atoms with E-state index in [0.717, 1.165) is 32.1 Å². The molecule has 2 heterocycles. The van der Waals surface area contributed by atoms with Crippen molar-refractivity contribution in [3.05, 3.63) is 23.9 Å². The molecular weight excluding hydrogens is 600 g/mol. The first-order valence-electron chi connectivity index (χ1n) is 17.4. The summed E-state index contributed by atoms with van der Waals surface area (Å²) < 4.78 is 18.0. The van der Waals surface area contributed by atoms with Crippen LogP contribution in [0.15, 0.2) is 18.2 Å². The predicted molar refractivity (Wildman–Crippen MR) is 177 cm³/mol. The number of carbonyl (C=O) groups is 3. The number of hydrogen-bond donors (Lipinski definition) is 2. The van der Waals surface area contributed by atoms with Gasteiger partial charge in [0.05, 0.1) is 24.7 Å². The van der Waals surface area contributed by atoms with Crippen molar-refractivity contribution in [2.45, 2.75) is 117 Å². The molecule has 0 spiro atoms. The minimum absolute atomic E-state index is 0.0347. The molecule has 2 saturated carbocycles. The van der Waals surface area contributed by atoms with Gasteiger partial charge in [0.25, 0.3) is 0 Å². The van der Waals surface area contributed by atoms with E-state index >= 15 is 0 Å². The number of nitrogens with one attached hydrogen (secondary N) is 1. The second kappa shape index (κ2) is 14.2. The molecule has 11 heteroatoms. The van der Waals surface area contributed by atoms with E-state index < -0.39 is 47.5 Å². The summed E-state index contributed by atoms with van der Waals surface area (Å²) in [6, 6.07) is 3.35.